The van der Waals surface area contributed by atoms with Gasteiger partial charge in [0.25, 0.3) is 0 Å². The molecule has 82 valence electrons. The van der Waals surface area contributed by atoms with E-state index in [0.29, 0.717) is 0 Å². The van der Waals surface area contributed by atoms with Gasteiger partial charge in [-0.1, -0.05) is 36.4 Å². The van der Waals surface area contributed by atoms with Crippen LogP contribution >= 0.6 is 22.6 Å². The third kappa shape index (κ3) is 2.76. The standard InChI is InChI=1S/C14H14IN/c1-11-6-2-5-9-14(11)16-10-12-7-3-4-8-13(12)15/h2-9,16H,10H2,1H3. The summed E-state index contributed by atoms with van der Waals surface area (Å²) in [5, 5.41) is 3.47. The minimum atomic E-state index is 0.879. The maximum absolute atomic E-state index is 3.47. The zero-order valence-electron chi connectivity index (χ0n) is 9.20. The molecule has 0 aliphatic rings. The Morgan fingerprint density at radius 3 is 2.44 bits per heavy atom. The topological polar surface area (TPSA) is 12.0 Å². The second kappa shape index (κ2) is 5.34. The van der Waals surface area contributed by atoms with Gasteiger partial charge in [0.1, 0.15) is 0 Å². The van der Waals surface area contributed by atoms with Gasteiger partial charge in [0.15, 0.2) is 0 Å². The number of halogens is 1. The zero-order chi connectivity index (χ0) is 11.4. The molecule has 2 rings (SSSR count). The van der Waals surface area contributed by atoms with Gasteiger partial charge in [0.05, 0.1) is 0 Å². The molecule has 0 aliphatic heterocycles. The van der Waals surface area contributed by atoms with Crippen molar-refractivity contribution < 1.29 is 0 Å². The molecule has 0 bridgehead atoms. The third-order valence-electron chi connectivity index (χ3n) is 2.57. The van der Waals surface area contributed by atoms with E-state index < -0.39 is 0 Å². The van der Waals surface area contributed by atoms with E-state index in [4.69, 9.17) is 0 Å². The maximum atomic E-state index is 3.47. The minimum Gasteiger partial charge on any atom is -0.381 e. The van der Waals surface area contributed by atoms with Gasteiger partial charge in [-0.15, -0.1) is 0 Å². The summed E-state index contributed by atoms with van der Waals surface area (Å²) in [6.45, 7) is 3.00. The molecular weight excluding hydrogens is 309 g/mol. The van der Waals surface area contributed by atoms with Crippen molar-refractivity contribution in [3.63, 3.8) is 0 Å². The first-order valence-electron chi connectivity index (χ1n) is 5.30. The molecule has 0 spiro atoms. The minimum absolute atomic E-state index is 0.879. The van der Waals surface area contributed by atoms with Gasteiger partial charge in [0, 0.05) is 15.8 Å². The molecule has 1 N–H and O–H groups in total. The Balaban J connectivity index is 2.09. The normalized spacial score (nSPS) is 10.1. The van der Waals surface area contributed by atoms with Crippen molar-refractivity contribution in [2.45, 2.75) is 13.5 Å². The Labute approximate surface area is 110 Å². The highest BCUT2D eigenvalue weighted by Gasteiger charge is 1.99. The lowest BCUT2D eigenvalue weighted by Crippen LogP contribution is -2.02. The van der Waals surface area contributed by atoms with Crippen LogP contribution in [-0.4, -0.2) is 0 Å². The van der Waals surface area contributed by atoms with Crippen molar-refractivity contribution in [3.8, 4) is 0 Å². The van der Waals surface area contributed by atoms with Crippen LogP contribution in [0.4, 0.5) is 5.69 Å². The van der Waals surface area contributed by atoms with Crippen molar-refractivity contribution >= 4 is 28.3 Å². The van der Waals surface area contributed by atoms with Crippen molar-refractivity contribution in [1.82, 2.24) is 0 Å². The van der Waals surface area contributed by atoms with Gasteiger partial charge in [0.2, 0.25) is 0 Å². The second-order valence-electron chi connectivity index (χ2n) is 3.76. The van der Waals surface area contributed by atoms with Crippen LogP contribution in [-0.2, 0) is 6.54 Å². The van der Waals surface area contributed by atoms with Crippen molar-refractivity contribution in [1.29, 1.82) is 0 Å². The molecule has 2 aromatic rings. The Hall–Kier alpha value is -1.03. The van der Waals surface area contributed by atoms with Crippen molar-refractivity contribution in [3.05, 3.63) is 63.2 Å². The molecule has 1 nitrogen and oxygen atoms in total. The summed E-state index contributed by atoms with van der Waals surface area (Å²) in [5.41, 5.74) is 3.84. The van der Waals surface area contributed by atoms with Crippen LogP contribution in [0.15, 0.2) is 48.5 Å². The summed E-state index contributed by atoms with van der Waals surface area (Å²) in [6.07, 6.45) is 0. The number of aryl methyl sites for hydroxylation is 1. The molecular formula is C14H14IN. The molecule has 0 aliphatic carbocycles. The molecule has 0 amide bonds. The lowest BCUT2D eigenvalue weighted by atomic mass is 10.2. The van der Waals surface area contributed by atoms with E-state index in [9.17, 15) is 0 Å². The number of hydrogen-bond donors (Lipinski definition) is 1. The number of para-hydroxylation sites is 1. The van der Waals surface area contributed by atoms with Crippen LogP contribution in [0.25, 0.3) is 0 Å². The van der Waals surface area contributed by atoms with E-state index in [1.54, 1.807) is 0 Å². The Kier molecular flexibility index (Phi) is 3.83. The highest BCUT2D eigenvalue weighted by atomic mass is 127. The largest absolute Gasteiger partial charge is 0.381 e. The summed E-state index contributed by atoms with van der Waals surface area (Å²) in [6, 6.07) is 16.8. The summed E-state index contributed by atoms with van der Waals surface area (Å²) in [7, 11) is 0. The molecule has 0 atom stereocenters. The zero-order valence-corrected chi connectivity index (χ0v) is 11.4. The fourth-order valence-electron chi connectivity index (χ4n) is 1.60. The van der Waals surface area contributed by atoms with Crippen molar-refractivity contribution in [2.75, 3.05) is 5.32 Å². The number of rotatable bonds is 3. The first kappa shape index (κ1) is 11.5. The summed E-state index contributed by atoms with van der Waals surface area (Å²) < 4.78 is 1.31. The maximum Gasteiger partial charge on any atom is 0.0411 e. The molecule has 0 radical (unpaired) electrons. The average Bonchev–Trinajstić information content (AvgIpc) is 2.30. The summed E-state index contributed by atoms with van der Waals surface area (Å²) in [4.78, 5) is 0. The van der Waals surface area contributed by atoms with E-state index in [1.807, 2.05) is 0 Å². The SMILES string of the molecule is Cc1ccccc1NCc1ccccc1I. The Morgan fingerprint density at radius 1 is 1.00 bits per heavy atom. The lowest BCUT2D eigenvalue weighted by Gasteiger charge is -2.10. The van der Waals surface area contributed by atoms with Gasteiger partial charge in [-0.25, -0.2) is 0 Å². The van der Waals surface area contributed by atoms with Crippen molar-refractivity contribution in [2.24, 2.45) is 0 Å². The van der Waals surface area contributed by atoms with E-state index >= 15 is 0 Å². The fourth-order valence-corrected chi connectivity index (χ4v) is 2.18. The van der Waals surface area contributed by atoms with Crippen LogP contribution < -0.4 is 5.32 Å². The molecule has 2 aromatic carbocycles. The second-order valence-corrected chi connectivity index (χ2v) is 4.92. The van der Waals surface area contributed by atoms with Gasteiger partial charge in [-0.05, 0) is 52.8 Å². The third-order valence-corrected chi connectivity index (χ3v) is 3.62. The average molecular weight is 323 g/mol. The molecule has 0 aromatic heterocycles. The first-order valence-corrected chi connectivity index (χ1v) is 6.38. The van der Waals surface area contributed by atoms with E-state index in [0.717, 1.165) is 6.54 Å². The fraction of sp³-hybridized carbons (Fsp3) is 0.143. The lowest BCUT2D eigenvalue weighted by molar-refractivity contribution is 1.13. The summed E-state index contributed by atoms with van der Waals surface area (Å²) in [5.74, 6) is 0. The van der Waals surface area contributed by atoms with Crippen LogP contribution in [0, 0.1) is 10.5 Å². The molecule has 0 fully saturated rings. The molecule has 2 heteroatoms. The number of hydrogen-bond acceptors (Lipinski definition) is 1. The van der Waals surface area contributed by atoms with E-state index in [2.05, 4.69) is 83.4 Å². The molecule has 0 saturated carbocycles. The van der Waals surface area contributed by atoms with Gasteiger partial charge in [-0.3, -0.25) is 0 Å². The van der Waals surface area contributed by atoms with Crippen LogP contribution in [0.2, 0.25) is 0 Å². The van der Waals surface area contributed by atoms with E-state index in [1.165, 1.54) is 20.4 Å². The van der Waals surface area contributed by atoms with Gasteiger partial charge < -0.3 is 5.32 Å². The molecule has 0 heterocycles. The highest BCUT2D eigenvalue weighted by Crippen LogP contribution is 2.17. The molecule has 0 saturated heterocycles. The Morgan fingerprint density at radius 2 is 1.69 bits per heavy atom. The van der Waals surface area contributed by atoms with Crippen LogP contribution in [0.5, 0.6) is 0 Å². The van der Waals surface area contributed by atoms with Crippen LogP contribution in [0.1, 0.15) is 11.1 Å². The predicted molar refractivity (Wildman–Crippen MR) is 77.7 cm³/mol. The monoisotopic (exact) mass is 323 g/mol. The molecule has 0 unspecified atom stereocenters. The Bertz CT molecular complexity index is 434. The van der Waals surface area contributed by atoms with E-state index in [-0.39, 0.29) is 0 Å². The van der Waals surface area contributed by atoms with Gasteiger partial charge >= 0.3 is 0 Å². The smallest absolute Gasteiger partial charge is 0.0411 e. The number of nitrogens with one attached hydrogen (secondary N) is 1. The summed E-state index contributed by atoms with van der Waals surface area (Å²) >= 11 is 2.37. The number of benzene rings is 2. The predicted octanol–water partition coefficient (Wildman–Crippen LogP) is 4.21. The quantitative estimate of drug-likeness (QED) is 0.834. The number of anilines is 1. The first-order chi connectivity index (χ1) is 7.77. The van der Waals surface area contributed by atoms with Gasteiger partial charge in [-0.2, -0.15) is 0 Å². The molecule has 16 heavy (non-hydrogen) atoms. The van der Waals surface area contributed by atoms with Crippen LogP contribution in [0.3, 0.4) is 0 Å². The highest BCUT2D eigenvalue weighted by molar-refractivity contribution is 14.1.